The minimum atomic E-state index is 0.448. The van der Waals surface area contributed by atoms with Gasteiger partial charge in [-0.25, -0.2) is 0 Å². The Bertz CT molecular complexity index is 839. The molecule has 0 unspecified atom stereocenters. The molecule has 0 aliphatic carbocycles. The number of aryl methyl sites for hydroxylation is 1. The molecule has 0 radical (unpaired) electrons. The summed E-state index contributed by atoms with van der Waals surface area (Å²) in [7, 11) is 0. The number of ether oxygens (including phenoxy) is 1. The second-order valence-electron chi connectivity index (χ2n) is 5.87. The van der Waals surface area contributed by atoms with Crippen molar-refractivity contribution in [3.05, 3.63) is 46.0 Å². The fraction of sp³-hybridized carbons (Fsp3) is 0.389. The Balaban J connectivity index is 1.69. The SMILES string of the molecule is CCCCOc1ccc(-c2nnc(Cn3nc(C)c(Br)c3C)o2)cc1. The van der Waals surface area contributed by atoms with Crippen LogP contribution in [0.3, 0.4) is 0 Å². The van der Waals surface area contributed by atoms with Gasteiger partial charge in [-0.15, -0.1) is 10.2 Å². The van der Waals surface area contributed by atoms with Crippen molar-refractivity contribution < 1.29 is 9.15 Å². The van der Waals surface area contributed by atoms with E-state index >= 15 is 0 Å². The lowest BCUT2D eigenvalue weighted by Crippen LogP contribution is -2.04. The molecule has 7 heteroatoms. The van der Waals surface area contributed by atoms with Crippen molar-refractivity contribution in [2.75, 3.05) is 6.61 Å². The molecule has 2 heterocycles. The number of nitrogens with zero attached hydrogens (tertiary/aromatic N) is 4. The first-order valence-electron chi connectivity index (χ1n) is 8.33. The van der Waals surface area contributed by atoms with Crippen LogP contribution in [-0.4, -0.2) is 26.6 Å². The van der Waals surface area contributed by atoms with Crippen molar-refractivity contribution in [1.29, 1.82) is 0 Å². The topological polar surface area (TPSA) is 66.0 Å². The predicted molar refractivity (Wildman–Crippen MR) is 98.6 cm³/mol. The molecule has 0 spiro atoms. The standard InChI is InChI=1S/C18H21BrN4O2/c1-4-5-10-24-15-8-6-14(7-9-15)18-21-20-16(25-18)11-23-13(3)17(19)12(2)22-23/h6-9H,4-5,10-11H2,1-3H3. The van der Waals surface area contributed by atoms with Gasteiger partial charge in [-0.2, -0.15) is 5.10 Å². The number of hydrogen-bond acceptors (Lipinski definition) is 5. The van der Waals surface area contributed by atoms with E-state index < -0.39 is 0 Å². The maximum absolute atomic E-state index is 5.78. The van der Waals surface area contributed by atoms with Crippen molar-refractivity contribution in [3.63, 3.8) is 0 Å². The van der Waals surface area contributed by atoms with Gasteiger partial charge < -0.3 is 9.15 Å². The molecule has 0 amide bonds. The molecule has 3 rings (SSSR count). The minimum absolute atomic E-state index is 0.448. The van der Waals surface area contributed by atoms with Gasteiger partial charge in [-0.05, 0) is 60.5 Å². The molecule has 0 fully saturated rings. The van der Waals surface area contributed by atoms with Crippen LogP contribution in [-0.2, 0) is 6.54 Å². The van der Waals surface area contributed by atoms with Crippen LogP contribution < -0.4 is 4.74 Å². The van der Waals surface area contributed by atoms with E-state index in [1.54, 1.807) is 0 Å². The molecule has 0 aliphatic heterocycles. The van der Waals surface area contributed by atoms with E-state index in [1.165, 1.54) is 0 Å². The van der Waals surface area contributed by atoms with E-state index in [0.717, 1.165) is 46.6 Å². The number of halogens is 1. The maximum atomic E-state index is 5.78. The zero-order chi connectivity index (χ0) is 17.8. The summed E-state index contributed by atoms with van der Waals surface area (Å²) in [5.41, 5.74) is 2.85. The minimum Gasteiger partial charge on any atom is -0.494 e. The Labute approximate surface area is 155 Å². The Hall–Kier alpha value is -2.15. The molecule has 6 nitrogen and oxygen atoms in total. The number of hydrogen-bond donors (Lipinski definition) is 0. The first-order valence-corrected chi connectivity index (χ1v) is 9.13. The summed E-state index contributed by atoms with van der Waals surface area (Å²) >= 11 is 3.52. The van der Waals surface area contributed by atoms with Gasteiger partial charge in [-0.3, -0.25) is 4.68 Å². The maximum Gasteiger partial charge on any atom is 0.247 e. The van der Waals surface area contributed by atoms with Crippen molar-refractivity contribution >= 4 is 15.9 Å². The molecule has 0 saturated heterocycles. The van der Waals surface area contributed by atoms with Crippen LogP contribution in [0.1, 0.15) is 37.0 Å². The number of unbranched alkanes of at least 4 members (excludes halogenated alkanes) is 1. The van der Waals surface area contributed by atoms with Gasteiger partial charge in [0, 0.05) is 5.56 Å². The van der Waals surface area contributed by atoms with E-state index in [9.17, 15) is 0 Å². The van der Waals surface area contributed by atoms with Gasteiger partial charge in [0.2, 0.25) is 11.8 Å². The van der Waals surface area contributed by atoms with Gasteiger partial charge in [0.05, 0.1) is 22.5 Å². The zero-order valence-corrected chi connectivity index (χ0v) is 16.2. The fourth-order valence-corrected chi connectivity index (χ4v) is 2.70. The van der Waals surface area contributed by atoms with Gasteiger partial charge >= 0.3 is 0 Å². The van der Waals surface area contributed by atoms with Crippen molar-refractivity contribution in [2.24, 2.45) is 0 Å². The molecule has 0 bridgehead atoms. The van der Waals surface area contributed by atoms with Crippen LogP contribution in [0.2, 0.25) is 0 Å². The van der Waals surface area contributed by atoms with E-state index in [4.69, 9.17) is 9.15 Å². The monoisotopic (exact) mass is 404 g/mol. The summed E-state index contributed by atoms with van der Waals surface area (Å²) in [6, 6.07) is 7.71. The van der Waals surface area contributed by atoms with Gasteiger partial charge in [-0.1, -0.05) is 13.3 Å². The quantitative estimate of drug-likeness (QED) is 0.540. The molecule has 3 aromatic rings. The normalized spacial score (nSPS) is 11.0. The average Bonchev–Trinajstić information content (AvgIpc) is 3.17. The van der Waals surface area contributed by atoms with Crippen molar-refractivity contribution in [2.45, 2.75) is 40.2 Å². The summed E-state index contributed by atoms with van der Waals surface area (Å²) in [5.74, 6) is 1.87. The highest BCUT2D eigenvalue weighted by Crippen LogP contribution is 2.23. The molecule has 0 N–H and O–H groups in total. The average molecular weight is 405 g/mol. The van der Waals surface area contributed by atoms with E-state index in [1.807, 2.05) is 42.8 Å². The van der Waals surface area contributed by atoms with E-state index in [0.29, 0.717) is 18.3 Å². The third-order valence-electron chi connectivity index (χ3n) is 3.91. The molecule has 0 aliphatic rings. The lowest BCUT2D eigenvalue weighted by atomic mass is 10.2. The Kier molecular flexibility index (Phi) is 5.53. The summed E-state index contributed by atoms with van der Waals surface area (Å²) in [6.45, 7) is 7.28. The highest BCUT2D eigenvalue weighted by atomic mass is 79.9. The Morgan fingerprint density at radius 3 is 2.56 bits per heavy atom. The zero-order valence-electron chi connectivity index (χ0n) is 14.6. The van der Waals surface area contributed by atoms with Gasteiger partial charge in [0.1, 0.15) is 12.3 Å². The van der Waals surface area contributed by atoms with Gasteiger partial charge in [0.15, 0.2) is 0 Å². The summed E-state index contributed by atoms with van der Waals surface area (Å²) in [5, 5.41) is 12.7. The molecule has 0 atom stereocenters. The molecule has 132 valence electrons. The Morgan fingerprint density at radius 1 is 1.16 bits per heavy atom. The van der Waals surface area contributed by atoms with E-state index in [-0.39, 0.29) is 0 Å². The highest BCUT2D eigenvalue weighted by Gasteiger charge is 2.13. The summed E-state index contributed by atoms with van der Waals surface area (Å²) in [6.07, 6.45) is 2.17. The smallest absolute Gasteiger partial charge is 0.247 e. The lowest BCUT2D eigenvalue weighted by molar-refractivity contribution is 0.309. The number of benzene rings is 1. The van der Waals surface area contributed by atoms with Crippen LogP contribution in [0.15, 0.2) is 33.2 Å². The largest absolute Gasteiger partial charge is 0.494 e. The number of rotatable bonds is 7. The second-order valence-corrected chi connectivity index (χ2v) is 6.66. The van der Waals surface area contributed by atoms with Crippen molar-refractivity contribution in [3.8, 4) is 17.2 Å². The van der Waals surface area contributed by atoms with Crippen LogP contribution in [0.5, 0.6) is 5.75 Å². The van der Waals surface area contributed by atoms with Crippen molar-refractivity contribution in [1.82, 2.24) is 20.0 Å². The Morgan fingerprint density at radius 2 is 1.92 bits per heavy atom. The third-order valence-corrected chi connectivity index (χ3v) is 5.06. The fourth-order valence-electron chi connectivity index (χ4n) is 2.42. The van der Waals surface area contributed by atoms with Crippen LogP contribution in [0, 0.1) is 13.8 Å². The van der Waals surface area contributed by atoms with Crippen LogP contribution in [0.25, 0.3) is 11.5 Å². The van der Waals surface area contributed by atoms with E-state index in [2.05, 4.69) is 38.1 Å². The van der Waals surface area contributed by atoms with Crippen LogP contribution >= 0.6 is 15.9 Å². The highest BCUT2D eigenvalue weighted by molar-refractivity contribution is 9.10. The molecule has 25 heavy (non-hydrogen) atoms. The second kappa shape index (κ2) is 7.82. The summed E-state index contributed by atoms with van der Waals surface area (Å²) in [4.78, 5) is 0. The molecular formula is C18H21BrN4O2. The van der Waals surface area contributed by atoms with Crippen LogP contribution in [0.4, 0.5) is 0 Å². The van der Waals surface area contributed by atoms with Gasteiger partial charge in [0.25, 0.3) is 0 Å². The molecule has 2 aromatic heterocycles. The first kappa shape index (κ1) is 17.7. The molecular weight excluding hydrogens is 384 g/mol. The first-order chi connectivity index (χ1) is 12.1. The molecule has 1 aromatic carbocycles. The molecule has 0 saturated carbocycles. The number of aromatic nitrogens is 4. The lowest BCUT2D eigenvalue weighted by Gasteiger charge is -2.05. The third kappa shape index (κ3) is 4.10. The summed E-state index contributed by atoms with van der Waals surface area (Å²) < 4.78 is 14.3. The predicted octanol–water partition coefficient (Wildman–Crippen LogP) is 4.54.